The molecule has 5 heteroatoms. The standard InChI is InChI=1S/C28H19N5/c1-18-14-16-19(17-15-18)33-27-23-11-5-3-9-21(23)20-8-2-4-10-22(20)26(27)30-28(33)24-12-6-7-13-25(24)31-32-29/h2-17H,1H3. The molecule has 33 heavy (non-hydrogen) atoms. The van der Waals surface area contributed by atoms with Gasteiger partial charge in [0.1, 0.15) is 5.82 Å². The molecule has 0 fully saturated rings. The molecular weight excluding hydrogens is 406 g/mol. The Kier molecular flexibility index (Phi) is 4.35. The molecule has 0 unspecified atom stereocenters. The second kappa shape index (κ2) is 7.52. The lowest BCUT2D eigenvalue weighted by atomic mass is 10.00. The summed E-state index contributed by atoms with van der Waals surface area (Å²) in [6.07, 6.45) is 0. The fourth-order valence-electron chi connectivity index (χ4n) is 4.63. The molecular formula is C28H19N5. The van der Waals surface area contributed by atoms with Gasteiger partial charge in [0.05, 0.1) is 11.0 Å². The minimum Gasteiger partial charge on any atom is -0.292 e. The van der Waals surface area contributed by atoms with E-state index in [1.165, 1.54) is 16.3 Å². The fraction of sp³-hybridized carbons (Fsp3) is 0.0357. The molecule has 0 aliphatic rings. The van der Waals surface area contributed by atoms with Crippen molar-refractivity contribution >= 4 is 38.3 Å². The molecule has 0 saturated carbocycles. The number of hydrogen-bond acceptors (Lipinski definition) is 2. The van der Waals surface area contributed by atoms with Gasteiger partial charge < -0.3 is 0 Å². The maximum absolute atomic E-state index is 9.16. The first-order valence-electron chi connectivity index (χ1n) is 10.8. The average molecular weight is 425 g/mol. The third-order valence-corrected chi connectivity index (χ3v) is 6.12. The highest BCUT2D eigenvalue weighted by molar-refractivity contribution is 6.24. The van der Waals surface area contributed by atoms with E-state index >= 15 is 0 Å². The zero-order valence-electron chi connectivity index (χ0n) is 18.0. The fourth-order valence-corrected chi connectivity index (χ4v) is 4.63. The van der Waals surface area contributed by atoms with Crippen molar-refractivity contribution in [3.8, 4) is 17.1 Å². The Morgan fingerprint density at radius 2 is 1.33 bits per heavy atom. The van der Waals surface area contributed by atoms with E-state index in [1.807, 2.05) is 24.3 Å². The Labute approximate surface area is 190 Å². The molecule has 0 N–H and O–H groups in total. The molecule has 0 radical (unpaired) electrons. The molecule has 0 atom stereocenters. The van der Waals surface area contributed by atoms with E-state index in [4.69, 9.17) is 10.5 Å². The normalized spacial score (nSPS) is 11.2. The second-order valence-corrected chi connectivity index (χ2v) is 8.10. The monoisotopic (exact) mass is 425 g/mol. The van der Waals surface area contributed by atoms with Crippen molar-refractivity contribution in [1.82, 2.24) is 9.55 Å². The van der Waals surface area contributed by atoms with Crippen LogP contribution in [0.4, 0.5) is 5.69 Å². The van der Waals surface area contributed by atoms with Crippen LogP contribution in [0.2, 0.25) is 0 Å². The summed E-state index contributed by atoms with van der Waals surface area (Å²) in [5.74, 6) is 0.748. The van der Waals surface area contributed by atoms with Gasteiger partial charge in [-0.25, -0.2) is 4.98 Å². The van der Waals surface area contributed by atoms with Gasteiger partial charge in [0.2, 0.25) is 0 Å². The Bertz CT molecular complexity index is 1720. The van der Waals surface area contributed by atoms with Crippen molar-refractivity contribution in [3.63, 3.8) is 0 Å². The minimum absolute atomic E-state index is 0.553. The van der Waals surface area contributed by atoms with Crippen LogP contribution in [-0.2, 0) is 0 Å². The minimum atomic E-state index is 0.553. The number of fused-ring (bicyclic) bond motifs is 6. The summed E-state index contributed by atoms with van der Waals surface area (Å²) < 4.78 is 2.19. The topological polar surface area (TPSA) is 66.6 Å². The lowest BCUT2D eigenvalue weighted by Gasteiger charge is -2.13. The molecule has 0 saturated heterocycles. The summed E-state index contributed by atoms with van der Waals surface area (Å²) in [7, 11) is 0. The van der Waals surface area contributed by atoms with Gasteiger partial charge in [0.15, 0.2) is 0 Å². The summed E-state index contributed by atoms with van der Waals surface area (Å²) in [5.41, 5.74) is 14.7. The number of rotatable bonds is 3. The number of azide groups is 1. The Morgan fingerprint density at radius 1 is 0.727 bits per heavy atom. The lowest BCUT2D eigenvalue weighted by molar-refractivity contribution is 1.10. The maximum atomic E-state index is 9.16. The molecule has 1 aromatic heterocycles. The molecule has 0 bridgehead atoms. The third-order valence-electron chi connectivity index (χ3n) is 6.12. The molecule has 6 aromatic rings. The molecule has 156 valence electrons. The zero-order chi connectivity index (χ0) is 22.4. The molecule has 0 aliphatic carbocycles. The average Bonchev–Trinajstić information content (AvgIpc) is 3.26. The maximum Gasteiger partial charge on any atom is 0.146 e. The van der Waals surface area contributed by atoms with Gasteiger partial charge in [-0.15, -0.1) is 0 Å². The Balaban J connectivity index is 1.87. The van der Waals surface area contributed by atoms with Crippen molar-refractivity contribution < 1.29 is 0 Å². The summed E-state index contributed by atoms with van der Waals surface area (Å²) in [4.78, 5) is 8.23. The van der Waals surface area contributed by atoms with Gasteiger partial charge in [0.25, 0.3) is 0 Å². The van der Waals surface area contributed by atoms with Crippen LogP contribution in [0.5, 0.6) is 0 Å². The van der Waals surface area contributed by atoms with Crippen LogP contribution in [0.3, 0.4) is 0 Å². The SMILES string of the molecule is Cc1ccc(-n2c(-c3ccccc3N=[N+]=[N-])nc3c4ccccc4c4ccccc4c32)cc1. The first kappa shape index (κ1) is 19.1. The predicted octanol–water partition coefficient (Wildman–Crippen LogP) is 8.25. The van der Waals surface area contributed by atoms with Gasteiger partial charge in [0, 0.05) is 32.6 Å². The summed E-state index contributed by atoms with van der Waals surface area (Å²) >= 11 is 0. The van der Waals surface area contributed by atoms with Crippen molar-refractivity contribution in [2.45, 2.75) is 6.92 Å². The number of imidazole rings is 1. The predicted molar refractivity (Wildman–Crippen MR) is 135 cm³/mol. The largest absolute Gasteiger partial charge is 0.292 e. The van der Waals surface area contributed by atoms with Crippen LogP contribution in [0.15, 0.2) is 102 Å². The zero-order valence-corrected chi connectivity index (χ0v) is 18.0. The van der Waals surface area contributed by atoms with E-state index in [2.05, 4.69) is 94.3 Å². The van der Waals surface area contributed by atoms with Crippen molar-refractivity contribution in [2.24, 2.45) is 5.11 Å². The molecule has 6 rings (SSSR count). The van der Waals surface area contributed by atoms with Gasteiger partial charge in [-0.3, -0.25) is 4.57 Å². The number of aromatic nitrogens is 2. The molecule has 5 nitrogen and oxygen atoms in total. The molecule has 0 aliphatic heterocycles. The van der Waals surface area contributed by atoms with E-state index in [-0.39, 0.29) is 0 Å². The molecule has 5 aromatic carbocycles. The lowest BCUT2D eigenvalue weighted by Crippen LogP contribution is -1.98. The van der Waals surface area contributed by atoms with Crippen LogP contribution >= 0.6 is 0 Å². The van der Waals surface area contributed by atoms with Gasteiger partial charge in [-0.2, -0.15) is 0 Å². The smallest absolute Gasteiger partial charge is 0.146 e. The van der Waals surface area contributed by atoms with E-state index in [0.717, 1.165) is 38.9 Å². The van der Waals surface area contributed by atoms with E-state index in [0.29, 0.717) is 5.69 Å². The third kappa shape index (κ3) is 2.95. The van der Waals surface area contributed by atoms with Crippen LogP contribution in [0, 0.1) is 6.92 Å². The van der Waals surface area contributed by atoms with Crippen molar-refractivity contribution in [2.75, 3.05) is 0 Å². The van der Waals surface area contributed by atoms with Crippen LogP contribution in [0.25, 0.3) is 60.1 Å². The van der Waals surface area contributed by atoms with E-state index in [1.54, 1.807) is 0 Å². The summed E-state index contributed by atoms with van der Waals surface area (Å²) in [6, 6.07) is 32.9. The highest BCUT2D eigenvalue weighted by Gasteiger charge is 2.21. The summed E-state index contributed by atoms with van der Waals surface area (Å²) in [6.45, 7) is 2.08. The summed E-state index contributed by atoms with van der Waals surface area (Å²) in [5, 5.41) is 8.54. The highest BCUT2D eigenvalue weighted by Crippen LogP contribution is 2.40. The Morgan fingerprint density at radius 3 is 2.06 bits per heavy atom. The highest BCUT2D eigenvalue weighted by atomic mass is 15.1. The van der Waals surface area contributed by atoms with Crippen LogP contribution in [0.1, 0.15) is 5.56 Å². The number of nitrogens with zero attached hydrogens (tertiary/aromatic N) is 5. The number of hydrogen-bond donors (Lipinski definition) is 0. The van der Waals surface area contributed by atoms with Gasteiger partial charge in [-0.05, 0) is 35.4 Å². The van der Waals surface area contributed by atoms with Crippen molar-refractivity contribution in [1.29, 1.82) is 0 Å². The number of aryl methyl sites for hydroxylation is 1. The molecule has 0 spiro atoms. The van der Waals surface area contributed by atoms with Gasteiger partial charge >= 0.3 is 0 Å². The quantitative estimate of drug-likeness (QED) is 0.122. The molecule has 0 amide bonds. The first-order valence-corrected chi connectivity index (χ1v) is 10.8. The van der Waals surface area contributed by atoms with Crippen LogP contribution < -0.4 is 0 Å². The Hall–Kier alpha value is -4.60. The molecule has 1 heterocycles. The second-order valence-electron chi connectivity index (χ2n) is 8.10. The number of benzene rings is 5. The first-order chi connectivity index (χ1) is 16.3. The van der Waals surface area contributed by atoms with E-state index < -0.39 is 0 Å². The van der Waals surface area contributed by atoms with Gasteiger partial charge in [-0.1, -0.05) is 95.6 Å². The van der Waals surface area contributed by atoms with E-state index in [9.17, 15) is 0 Å². The van der Waals surface area contributed by atoms with Crippen molar-refractivity contribution in [3.05, 3.63) is 113 Å². The van der Waals surface area contributed by atoms with Crippen LogP contribution in [-0.4, -0.2) is 9.55 Å².